The molecule has 1 saturated carbocycles. The molecule has 0 aromatic heterocycles. The molecule has 9 atom stereocenters. The highest BCUT2D eigenvalue weighted by atomic mass is 35.5. The van der Waals surface area contributed by atoms with Gasteiger partial charge in [-0.2, -0.15) is 0 Å². The Labute approximate surface area is 339 Å². The molecular formula is C41H65ClN4O9S. The van der Waals surface area contributed by atoms with E-state index in [4.69, 9.17) is 26.8 Å². The summed E-state index contributed by atoms with van der Waals surface area (Å²) in [4.78, 5) is 71.8. The molecule has 2 fully saturated rings. The molecule has 1 aliphatic heterocycles. The van der Waals surface area contributed by atoms with Crippen molar-refractivity contribution in [1.82, 2.24) is 14.5 Å². The number of rotatable bonds is 24. The van der Waals surface area contributed by atoms with E-state index in [0.29, 0.717) is 38.6 Å². The van der Waals surface area contributed by atoms with Gasteiger partial charge in [0.15, 0.2) is 5.78 Å². The highest BCUT2D eigenvalue weighted by molar-refractivity contribution is 7.90. The van der Waals surface area contributed by atoms with Gasteiger partial charge in [0.1, 0.15) is 5.78 Å². The second kappa shape index (κ2) is 21.7. The van der Waals surface area contributed by atoms with Crippen LogP contribution in [0.4, 0.5) is 0 Å². The van der Waals surface area contributed by atoms with E-state index >= 15 is 0 Å². The van der Waals surface area contributed by atoms with E-state index < -0.39 is 69.3 Å². The number of carbonyl (C=O) groups excluding carboxylic acids is 5. The highest BCUT2D eigenvalue weighted by Gasteiger charge is 2.44. The lowest BCUT2D eigenvalue weighted by Gasteiger charge is -2.40. The molecule has 0 unspecified atom stereocenters. The topological polar surface area (TPSA) is 182 Å². The number of hydrogen-bond donors (Lipinski definition) is 2. The molecule has 1 aliphatic carbocycles. The summed E-state index contributed by atoms with van der Waals surface area (Å²) in [5, 5.41) is -0.588. The number of nitrogens with two attached hydrogens (primary N) is 1. The molecule has 2 aliphatic rings. The molecule has 13 nitrogen and oxygen atoms in total. The molecule has 1 saturated heterocycles. The number of sulfonamides is 1. The lowest BCUT2D eigenvalue weighted by atomic mass is 9.85. The predicted molar refractivity (Wildman–Crippen MR) is 216 cm³/mol. The zero-order valence-electron chi connectivity index (χ0n) is 34.4. The first-order chi connectivity index (χ1) is 26.4. The van der Waals surface area contributed by atoms with E-state index in [0.717, 1.165) is 5.56 Å². The third kappa shape index (κ3) is 12.5. The minimum atomic E-state index is -3.82. The third-order valence-corrected chi connectivity index (χ3v) is 14.0. The molecule has 0 spiro atoms. The van der Waals surface area contributed by atoms with E-state index in [1.165, 1.54) is 14.2 Å². The van der Waals surface area contributed by atoms with Crippen molar-refractivity contribution < 1.29 is 41.9 Å². The fraction of sp³-hybridized carbons (Fsp3) is 0.732. The Morgan fingerprint density at radius 1 is 0.964 bits per heavy atom. The van der Waals surface area contributed by atoms with E-state index in [-0.39, 0.29) is 66.8 Å². The van der Waals surface area contributed by atoms with Gasteiger partial charge in [-0.15, -0.1) is 11.6 Å². The van der Waals surface area contributed by atoms with Crippen LogP contribution in [-0.2, 0) is 49.9 Å². The number of Topliss-reactive ketones (excluding diaryl/α,β-unsaturated/α-hetero) is 2. The monoisotopic (exact) mass is 824 g/mol. The van der Waals surface area contributed by atoms with Crippen molar-refractivity contribution in [3.05, 3.63) is 35.9 Å². The molecule has 56 heavy (non-hydrogen) atoms. The van der Waals surface area contributed by atoms with E-state index in [1.54, 1.807) is 23.8 Å². The van der Waals surface area contributed by atoms with E-state index in [1.807, 2.05) is 58.0 Å². The van der Waals surface area contributed by atoms with Crippen LogP contribution in [0.3, 0.4) is 0 Å². The number of halogens is 1. The zero-order valence-corrected chi connectivity index (χ0v) is 36.0. The van der Waals surface area contributed by atoms with Gasteiger partial charge < -0.3 is 25.0 Å². The van der Waals surface area contributed by atoms with E-state index in [2.05, 4.69) is 4.72 Å². The number of nitrogens with one attached hydrogen (secondary N) is 1. The van der Waals surface area contributed by atoms with Gasteiger partial charge in [0.25, 0.3) is 0 Å². The number of benzene rings is 1. The van der Waals surface area contributed by atoms with Gasteiger partial charge in [-0.3, -0.25) is 28.7 Å². The van der Waals surface area contributed by atoms with Crippen LogP contribution in [0.1, 0.15) is 91.5 Å². The molecule has 1 heterocycles. The second-order valence-electron chi connectivity index (χ2n) is 16.1. The average Bonchev–Trinajstić information content (AvgIpc) is 3.94. The van der Waals surface area contributed by atoms with Crippen molar-refractivity contribution in [2.45, 2.75) is 128 Å². The maximum Gasteiger partial charge on any atom is 0.237 e. The largest absolute Gasteiger partial charge is 0.379 e. The number of methoxy groups -OCH3 is 2. The van der Waals surface area contributed by atoms with Crippen LogP contribution in [0.5, 0.6) is 0 Å². The lowest BCUT2D eigenvalue weighted by Crippen LogP contribution is -2.54. The van der Waals surface area contributed by atoms with Gasteiger partial charge in [-0.05, 0) is 49.5 Å². The van der Waals surface area contributed by atoms with Crippen LogP contribution < -0.4 is 10.5 Å². The number of amides is 3. The molecular weight excluding hydrogens is 760 g/mol. The van der Waals surface area contributed by atoms with Gasteiger partial charge in [-0.1, -0.05) is 71.4 Å². The molecule has 0 radical (unpaired) electrons. The molecule has 1 aromatic rings. The standard InChI is InChI=1S/C41H65ClN4O9S/c1-9-26(4)38(45(6)41(51)31(25(2)3)22-35(48)32(43)24-42)36(54-7)23-37(49)46-19-13-16-33(46)39(55-8)27(5)34(47)21-29(20-28-14-11-10-12-15-28)40(50)44-56(52,53)30-17-18-30/h10-12,14-15,25-27,29-33,36,38-39H,9,13,16-24,43H2,1-8H3,(H,44,50)/t26-,27-,29+,31-,32-,33-,36+,38-,39+/m0/s1. The number of ketones is 2. The van der Waals surface area contributed by atoms with Crippen molar-refractivity contribution >= 4 is 50.9 Å². The van der Waals surface area contributed by atoms with Crippen molar-refractivity contribution in [3.63, 3.8) is 0 Å². The number of hydrogen-bond acceptors (Lipinski definition) is 10. The Morgan fingerprint density at radius 3 is 2.14 bits per heavy atom. The van der Waals surface area contributed by atoms with Gasteiger partial charge in [0.05, 0.1) is 42.0 Å². The normalized spacial score (nSPS) is 20.3. The van der Waals surface area contributed by atoms with E-state index in [9.17, 15) is 32.4 Å². The van der Waals surface area contributed by atoms with Crippen LogP contribution in [0.25, 0.3) is 0 Å². The summed E-state index contributed by atoms with van der Waals surface area (Å²) in [5.74, 6) is -4.23. The van der Waals surface area contributed by atoms with Crippen molar-refractivity contribution in [2.24, 2.45) is 35.3 Å². The first-order valence-electron chi connectivity index (χ1n) is 20.0. The molecule has 0 bridgehead atoms. The summed E-state index contributed by atoms with van der Waals surface area (Å²) in [6.45, 7) is 9.95. The Hall–Kier alpha value is -2.91. The quantitative estimate of drug-likeness (QED) is 0.144. The summed E-state index contributed by atoms with van der Waals surface area (Å²) < 4.78 is 39.5. The Kier molecular flexibility index (Phi) is 18.4. The Morgan fingerprint density at radius 2 is 1.61 bits per heavy atom. The number of likely N-dealkylation sites (tertiary alicyclic amines) is 1. The van der Waals surface area contributed by atoms with Gasteiger partial charge in [0, 0.05) is 64.3 Å². The summed E-state index contributed by atoms with van der Waals surface area (Å²) in [6, 6.07) is 7.36. The first-order valence-corrected chi connectivity index (χ1v) is 22.1. The number of alkyl halides is 1. The van der Waals surface area contributed by atoms with Crippen LogP contribution >= 0.6 is 11.6 Å². The highest BCUT2D eigenvalue weighted by Crippen LogP contribution is 2.32. The molecule has 1 aromatic carbocycles. The molecule has 316 valence electrons. The molecule has 3 amide bonds. The third-order valence-electron chi connectivity index (χ3n) is 11.8. The maximum atomic E-state index is 14.2. The average molecular weight is 826 g/mol. The molecule has 3 N–H and O–H groups in total. The molecule has 3 rings (SSSR count). The van der Waals surface area contributed by atoms with Crippen LogP contribution in [0.2, 0.25) is 0 Å². The summed E-state index contributed by atoms with van der Waals surface area (Å²) in [5.41, 5.74) is 6.69. The predicted octanol–water partition coefficient (Wildman–Crippen LogP) is 4.13. The summed E-state index contributed by atoms with van der Waals surface area (Å²) in [7, 11) is 0.892. The fourth-order valence-electron chi connectivity index (χ4n) is 7.93. The number of carbonyl (C=O) groups is 5. The second-order valence-corrected chi connectivity index (χ2v) is 18.4. The Balaban J connectivity index is 1.79. The first kappa shape index (κ1) is 47.5. The summed E-state index contributed by atoms with van der Waals surface area (Å²) >= 11 is 5.83. The minimum absolute atomic E-state index is 0.0322. The fourth-order valence-corrected chi connectivity index (χ4v) is 9.48. The number of ether oxygens (including phenoxy) is 2. The van der Waals surface area contributed by atoms with Gasteiger partial charge in [-0.25, -0.2) is 8.42 Å². The number of nitrogens with zero attached hydrogens (tertiary/aromatic N) is 2. The van der Waals surface area contributed by atoms with Crippen LogP contribution in [0.15, 0.2) is 30.3 Å². The SMILES string of the molecule is CC[C@H](C)[C@@H]([C@@H](CC(=O)N1CCC[C@H]1[C@H](OC)[C@@H](C)C(=O)C[C@@H](Cc1ccccc1)C(=O)NS(=O)(=O)C1CC1)OC)N(C)C(=O)[C@@H](CC(=O)[C@@H](N)CCl)C(C)C. The van der Waals surface area contributed by atoms with Crippen molar-refractivity contribution in [2.75, 3.05) is 33.7 Å². The zero-order chi connectivity index (χ0) is 41.9. The minimum Gasteiger partial charge on any atom is -0.379 e. The lowest BCUT2D eigenvalue weighted by molar-refractivity contribution is -0.149. The van der Waals surface area contributed by atoms with Gasteiger partial charge >= 0.3 is 0 Å². The van der Waals surface area contributed by atoms with Crippen LogP contribution in [-0.4, -0.2) is 117 Å². The number of likely N-dealkylation sites (N-methyl/N-ethyl adjacent to an activating group) is 1. The van der Waals surface area contributed by atoms with Gasteiger partial charge in [0.2, 0.25) is 27.7 Å². The Bertz CT molecular complexity index is 1590. The smallest absolute Gasteiger partial charge is 0.237 e. The maximum absolute atomic E-state index is 14.2. The van der Waals surface area contributed by atoms with Crippen LogP contribution in [0, 0.1) is 29.6 Å². The van der Waals surface area contributed by atoms with Crippen molar-refractivity contribution in [1.29, 1.82) is 0 Å². The van der Waals surface area contributed by atoms with Crippen molar-refractivity contribution in [3.8, 4) is 0 Å². The summed E-state index contributed by atoms with van der Waals surface area (Å²) in [6.07, 6.45) is 1.52. The molecule has 15 heteroatoms.